The number of carbonyl (C=O) groups is 1. The number of nitro benzene ring substituents is 1. The number of benzene rings is 1. The van der Waals surface area contributed by atoms with Crippen molar-refractivity contribution in [1.29, 1.82) is 5.26 Å². The van der Waals surface area contributed by atoms with Crippen LogP contribution in [-0.2, 0) is 9.53 Å². The molecule has 1 aromatic rings. The number of rotatable bonds is 10. The number of hydrogen-bond acceptors (Lipinski definition) is 8. The van der Waals surface area contributed by atoms with E-state index in [4.69, 9.17) is 19.8 Å². The van der Waals surface area contributed by atoms with Crippen LogP contribution in [0.5, 0.6) is 5.75 Å². The number of nitrogens with one attached hydrogen (secondary N) is 2. The van der Waals surface area contributed by atoms with Crippen molar-refractivity contribution in [1.82, 2.24) is 5.32 Å². The molecule has 0 fully saturated rings. The molecular weight excluding hydrogens is 332 g/mol. The van der Waals surface area contributed by atoms with E-state index >= 15 is 0 Å². The number of nitro groups is 1. The largest absolute Gasteiger partial charge is 0.494 e. The maximum absolute atomic E-state index is 12.1. The fourth-order valence-corrected chi connectivity index (χ4v) is 1.71. The zero-order chi connectivity index (χ0) is 18.7. The Morgan fingerprint density at radius 2 is 2.24 bits per heavy atom. The van der Waals surface area contributed by atoms with Gasteiger partial charge < -0.3 is 25.2 Å². The third-order valence-corrected chi connectivity index (χ3v) is 2.88. The first-order valence-corrected chi connectivity index (χ1v) is 7.19. The normalized spacial score (nSPS) is 10.7. The SMILES string of the molecule is COc1cc([N+](=O)[O-])ccc1NC(=O)/C(C#N)=C\NCCOCCO. The van der Waals surface area contributed by atoms with Crippen LogP contribution < -0.4 is 15.4 Å². The number of ether oxygens (including phenoxy) is 2. The van der Waals surface area contributed by atoms with E-state index in [0.29, 0.717) is 13.2 Å². The summed E-state index contributed by atoms with van der Waals surface area (Å²) in [7, 11) is 1.31. The standard InChI is InChI=1S/C15H18N4O6/c1-24-14-8-12(19(22)23)2-3-13(14)18-15(21)11(9-16)10-17-4-6-25-7-5-20/h2-3,8,10,17,20H,4-7H2,1H3,(H,18,21)/b11-10-. The molecule has 1 aromatic carbocycles. The summed E-state index contributed by atoms with van der Waals surface area (Å²) in [6.45, 7) is 0.766. The van der Waals surface area contributed by atoms with Gasteiger partial charge in [0.05, 0.1) is 43.6 Å². The van der Waals surface area contributed by atoms with Gasteiger partial charge in [-0.25, -0.2) is 0 Å². The minimum atomic E-state index is -0.696. The predicted octanol–water partition coefficient (Wildman–Crippen LogP) is 0.548. The van der Waals surface area contributed by atoms with Crippen LogP contribution in [0, 0.1) is 21.4 Å². The van der Waals surface area contributed by atoms with Gasteiger partial charge in [0.1, 0.15) is 17.4 Å². The van der Waals surface area contributed by atoms with E-state index in [1.807, 2.05) is 0 Å². The molecule has 0 aliphatic heterocycles. The first-order valence-electron chi connectivity index (χ1n) is 7.19. The number of carbonyl (C=O) groups excluding carboxylic acids is 1. The van der Waals surface area contributed by atoms with E-state index in [-0.39, 0.29) is 35.9 Å². The molecule has 10 nitrogen and oxygen atoms in total. The molecule has 0 aromatic heterocycles. The Morgan fingerprint density at radius 3 is 2.84 bits per heavy atom. The Hall–Kier alpha value is -3.16. The summed E-state index contributed by atoms with van der Waals surface area (Å²) in [6.07, 6.45) is 1.23. The van der Waals surface area contributed by atoms with Gasteiger partial charge in [-0.15, -0.1) is 0 Å². The maximum Gasteiger partial charge on any atom is 0.273 e. The minimum Gasteiger partial charge on any atom is -0.494 e. The summed E-state index contributed by atoms with van der Waals surface area (Å²) in [5, 5.41) is 33.6. The molecule has 1 rings (SSSR count). The highest BCUT2D eigenvalue weighted by Crippen LogP contribution is 2.29. The van der Waals surface area contributed by atoms with Crippen LogP contribution in [0.3, 0.4) is 0 Å². The Bertz CT molecular complexity index is 683. The molecule has 0 saturated heterocycles. The zero-order valence-corrected chi connectivity index (χ0v) is 13.5. The van der Waals surface area contributed by atoms with Gasteiger partial charge in [0.2, 0.25) is 0 Å². The molecule has 0 radical (unpaired) electrons. The number of aliphatic hydroxyl groups is 1. The van der Waals surface area contributed by atoms with Gasteiger partial charge in [0, 0.05) is 18.8 Å². The van der Waals surface area contributed by atoms with Gasteiger partial charge in [-0.05, 0) is 6.07 Å². The first-order chi connectivity index (χ1) is 12.0. The molecule has 0 unspecified atom stereocenters. The van der Waals surface area contributed by atoms with Gasteiger partial charge in [-0.2, -0.15) is 5.26 Å². The van der Waals surface area contributed by atoms with Crippen LogP contribution in [0.15, 0.2) is 30.0 Å². The van der Waals surface area contributed by atoms with E-state index in [0.717, 1.165) is 0 Å². The Morgan fingerprint density at radius 1 is 1.48 bits per heavy atom. The maximum atomic E-state index is 12.1. The zero-order valence-electron chi connectivity index (χ0n) is 13.5. The summed E-state index contributed by atoms with van der Waals surface area (Å²) in [4.78, 5) is 22.3. The number of non-ortho nitro benzene ring substituents is 1. The molecule has 1 amide bonds. The van der Waals surface area contributed by atoms with Crippen molar-refractivity contribution in [3.05, 3.63) is 40.1 Å². The van der Waals surface area contributed by atoms with Crippen molar-refractivity contribution in [3.63, 3.8) is 0 Å². The predicted molar refractivity (Wildman–Crippen MR) is 87.9 cm³/mol. The number of amides is 1. The van der Waals surface area contributed by atoms with Gasteiger partial charge in [0.25, 0.3) is 11.6 Å². The molecule has 0 atom stereocenters. The smallest absolute Gasteiger partial charge is 0.273 e. The Kier molecular flexibility index (Phi) is 8.42. The fourth-order valence-electron chi connectivity index (χ4n) is 1.71. The van der Waals surface area contributed by atoms with Gasteiger partial charge >= 0.3 is 0 Å². The summed E-state index contributed by atoms with van der Waals surface area (Å²) < 4.78 is 10.0. The topological polar surface area (TPSA) is 147 Å². The van der Waals surface area contributed by atoms with Crippen molar-refractivity contribution in [2.75, 3.05) is 38.8 Å². The van der Waals surface area contributed by atoms with Gasteiger partial charge in [0.15, 0.2) is 0 Å². The van der Waals surface area contributed by atoms with E-state index in [9.17, 15) is 14.9 Å². The molecule has 0 aliphatic carbocycles. The average Bonchev–Trinajstić information content (AvgIpc) is 2.61. The number of nitrogens with zero attached hydrogens (tertiary/aromatic N) is 2. The average molecular weight is 350 g/mol. The molecule has 10 heteroatoms. The van der Waals surface area contributed by atoms with Gasteiger partial charge in [-0.3, -0.25) is 14.9 Å². The van der Waals surface area contributed by atoms with Crippen LogP contribution in [-0.4, -0.2) is 49.4 Å². The molecule has 0 saturated carbocycles. The molecule has 0 heterocycles. The Labute approximate surface area is 143 Å². The Balaban J connectivity index is 2.72. The second-order valence-corrected chi connectivity index (χ2v) is 4.56. The highest BCUT2D eigenvalue weighted by Gasteiger charge is 2.15. The monoisotopic (exact) mass is 350 g/mol. The van der Waals surface area contributed by atoms with E-state index < -0.39 is 10.8 Å². The highest BCUT2D eigenvalue weighted by molar-refractivity contribution is 6.07. The third-order valence-electron chi connectivity index (χ3n) is 2.88. The molecule has 0 spiro atoms. The third kappa shape index (κ3) is 6.46. The lowest BCUT2D eigenvalue weighted by molar-refractivity contribution is -0.384. The van der Waals surface area contributed by atoms with Crippen molar-refractivity contribution in [3.8, 4) is 11.8 Å². The highest BCUT2D eigenvalue weighted by atomic mass is 16.6. The lowest BCUT2D eigenvalue weighted by Crippen LogP contribution is -2.19. The van der Waals surface area contributed by atoms with E-state index in [1.54, 1.807) is 6.07 Å². The molecular formula is C15H18N4O6. The summed E-state index contributed by atoms with van der Waals surface area (Å²) in [5.41, 5.74) is -0.177. The lowest BCUT2D eigenvalue weighted by atomic mass is 10.2. The second kappa shape index (κ2) is 10.6. The van der Waals surface area contributed by atoms with Gasteiger partial charge in [-0.1, -0.05) is 0 Å². The number of methoxy groups -OCH3 is 1. The van der Waals surface area contributed by atoms with E-state index in [1.165, 1.54) is 31.5 Å². The van der Waals surface area contributed by atoms with Crippen LogP contribution in [0.2, 0.25) is 0 Å². The molecule has 3 N–H and O–H groups in total. The molecule has 0 bridgehead atoms. The number of aliphatic hydroxyl groups excluding tert-OH is 1. The van der Waals surface area contributed by atoms with Crippen LogP contribution in [0.4, 0.5) is 11.4 Å². The summed E-state index contributed by atoms with van der Waals surface area (Å²) in [5.74, 6) is -0.594. The summed E-state index contributed by atoms with van der Waals surface area (Å²) in [6, 6.07) is 5.45. The quantitative estimate of drug-likeness (QED) is 0.182. The molecule has 134 valence electrons. The van der Waals surface area contributed by atoms with Crippen molar-refractivity contribution in [2.24, 2.45) is 0 Å². The van der Waals surface area contributed by atoms with Crippen molar-refractivity contribution in [2.45, 2.75) is 0 Å². The number of anilines is 1. The molecule has 25 heavy (non-hydrogen) atoms. The number of hydrogen-bond donors (Lipinski definition) is 3. The van der Waals surface area contributed by atoms with Crippen molar-refractivity contribution < 1.29 is 24.3 Å². The first kappa shape index (κ1) is 19.9. The number of nitriles is 1. The van der Waals surface area contributed by atoms with Crippen LogP contribution in [0.25, 0.3) is 0 Å². The van der Waals surface area contributed by atoms with Crippen molar-refractivity contribution >= 4 is 17.3 Å². The minimum absolute atomic E-state index is 0.0846. The molecule has 0 aliphatic rings. The second-order valence-electron chi connectivity index (χ2n) is 4.56. The van der Waals surface area contributed by atoms with Crippen LogP contribution in [0.1, 0.15) is 0 Å². The summed E-state index contributed by atoms with van der Waals surface area (Å²) >= 11 is 0. The van der Waals surface area contributed by atoms with Crippen LogP contribution >= 0.6 is 0 Å². The fraction of sp³-hybridized carbons (Fsp3) is 0.333. The lowest BCUT2D eigenvalue weighted by Gasteiger charge is -2.09. The van der Waals surface area contributed by atoms with E-state index in [2.05, 4.69) is 10.6 Å².